The van der Waals surface area contributed by atoms with E-state index < -0.39 is 0 Å². The first-order valence-electron chi connectivity index (χ1n) is 9.51. The van der Waals surface area contributed by atoms with E-state index in [1.165, 1.54) is 0 Å². The summed E-state index contributed by atoms with van der Waals surface area (Å²) in [6.07, 6.45) is 1.96. The minimum atomic E-state index is -0.0316. The predicted molar refractivity (Wildman–Crippen MR) is 118 cm³/mol. The second-order valence-electron chi connectivity index (χ2n) is 7.08. The van der Waals surface area contributed by atoms with Gasteiger partial charge in [-0.15, -0.1) is 0 Å². The number of aromatic nitrogens is 2. The van der Waals surface area contributed by atoms with E-state index in [-0.39, 0.29) is 5.56 Å². The number of para-hydroxylation sites is 1. The van der Waals surface area contributed by atoms with Crippen molar-refractivity contribution in [3.05, 3.63) is 95.4 Å². The number of rotatable bonds is 3. The molecule has 0 radical (unpaired) electrons. The lowest BCUT2D eigenvalue weighted by Crippen LogP contribution is -2.23. The van der Waals surface area contributed by atoms with Crippen LogP contribution in [0.2, 0.25) is 0 Å². The number of nitrogens with zero attached hydrogens (tertiary/aromatic N) is 2. The Kier molecular flexibility index (Phi) is 3.98. The van der Waals surface area contributed by atoms with Crippen LogP contribution in [0.3, 0.4) is 0 Å². The molecule has 0 spiro atoms. The smallest absolute Gasteiger partial charge is 0.275 e. The summed E-state index contributed by atoms with van der Waals surface area (Å²) >= 11 is 0. The van der Waals surface area contributed by atoms with Crippen LogP contribution in [0.25, 0.3) is 38.6 Å². The zero-order valence-corrected chi connectivity index (χ0v) is 16.3. The topological polar surface area (TPSA) is 36.2 Å². The van der Waals surface area contributed by atoms with Crippen LogP contribution in [0, 0.1) is 0 Å². The molecule has 0 bridgehead atoms. The van der Waals surface area contributed by atoms with E-state index in [0.717, 1.165) is 38.7 Å². The van der Waals surface area contributed by atoms with Crippen LogP contribution < -0.4 is 10.3 Å². The molecule has 0 saturated heterocycles. The van der Waals surface area contributed by atoms with Crippen molar-refractivity contribution in [2.75, 3.05) is 7.11 Å². The van der Waals surface area contributed by atoms with Gasteiger partial charge in [-0.05, 0) is 35.9 Å². The van der Waals surface area contributed by atoms with Gasteiger partial charge < -0.3 is 13.9 Å². The molecule has 2 heterocycles. The Labute approximate surface area is 168 Å². The lowest BCUT2D eigenvalue weighted by Gasteiger charge is -2.17. The fourth-order valence-electron chi connectivity index (χ4n) is 4.04. The van der Waals surface area contributed by atoms with Gasteiger partial charge in [0.1, 0.15) is 11.4 Å². The fourth-order valence-corrected chi connectivity index (χ4v) is 4.04. The first kappa shape index (κ1) is 17.3. The van der Waals surface area contributed by atoms with Gasteiger partial charge in [-0.2, -0.15) is 0 Å². The number of methoxy groups -OCH3 is 1. The summed E-state index contributed by atoms with van der Waals surface area (Å²) in [6, 6.07) is 26.1. The van der Waals surface area contributed by atoms with Gasteiger partial charge in [-0.3, -0.25) is 4.79 Å². The molecule has 0 N–H and O–H groups in total. The lowest BCUT2D eigenvalue weighted by molar-refractivity contribution is 0.415. The van der Waals surface area contributed by atoms with Crippen molar-refractivity contribution in [2.24, 2.45) is 7.05 Å². The molecule has 0 saturated carbocycles. The highest BCUT2D eigenvalue weighted by Gasteiger charge is 2.19. The Hall–Kier alpha value is -3.79. The van der Waals surface area contributed by atoms with Crippen molar-refractivity contribution < 1.29 is 4.74 Å². The van der Waals surface area contributed by atoms with E-state index in [4.69, 9.17) is 4.74 Å². The Balaban J connectivity index is 1.94. The highest BCUT2D eigenvalue weighted by Crippen LogP contribution is 2.34. The molecular weight excluding hydrogens is 360 g/mol. The van der Waals surface area contributed by atoms with E-state index in [1.807, 2.05) is 78.5 Å². The highest BCUT2D eigenvalue weighted by molar-refractivity contribution is 6.00. The Morgan fingerprint density at radius 1 is 0.828 bits per heavy atom. The largest absolute Gasteiger partial charge is 0.497 e. The standard InChI is InChI=1S/C25H20N2O2/c1-26-22-11-7-6-10-20(22)23(17-8-4-3-5-9-17)24(25(26)28)27-15-14-18-16-19(29-2)12-13-21(18)27/h3-16H,1-2H3. The van der Waals surface area contributed by atoms with E-state index in [0.29, 0.717) is 5.69 Å². The van der Waals surface area contributed by atoms with Gasteiger partial charge in [0.05, 0.1) is 18.1 Å². The zero-order chi connectivity index (χ0) is 20.0. The van der Waals surface area contributed by atoms with Gasteiger partial charge in [0.2, 0.25) is 0 Å². The third kappa shape index (κ3) is 2.64. The number of fused-ring (bicyclic) bond motifs is 2. The summed E-state index contributed by atoms with van der Waals surface area (Å²) in [4.78, 5) is 13.6. The zero-order valence-electron chi connectivity index (χ0n) is 16.3. The molecular formula is C25H20N2O2. The Morgan fingerprint density at radius 3 is 2.38 bits per heavy atom. The van der Waals surface area contributed by atoms with Crippen molar-refractivity contribution in [1.82, 2.24) is 9.13 Å². The first-order valence-corrected chi connectivity index (χ1v) is 9.51. The highest BCUT2D eigenvalue weighted by atomic mass is 16.5. The van der Waals surface area contributed by atoms with Crippen LogP contribution in [0.1, 0.15) is 0 Å². The number of aryl methyl sites for hydroxylation is 1. The molecule has 3 aromatic carbocycles. The summed E-state index contributed by atoms with van der Waals surface area (Å²) in [5, 5.41) is 2.07. The second-order valence-corrected chi connectivity index (χ2v) is 7.08. The average Bonchev–Trinajstić information content (AvgIpc) is 3.19. The molecule has 0 atom stereocenters. The molecule has 0 fully saturated rings. The first-order chi connectivity index (χ1) is 14.2. The van der Waals surface area contributed by atoms with Crippen LogP contribution in [0.5, 0.6) is 5.75 Å². The van der Waals surface area contributed by atoms with Crippen LogP contribution >= 0.6 is 0 Å². The maximum atomic E-state index is 13.6. The molecule has 29 heavy (non-hydrogen) atoms. The van der Waals surface area contributed by atoms with Crippen LogP contribution in [0.4, 0.5) is 0 Å². The molecule has 0 amide bonds. The molecule has 4 heteroatoms. The molecule has 4 nitrogen and oxygen atoms in total. The Bertz CT molecular complexity index is 1410. The number of hydrogen-bond donors (Lipinski definition) is 0. The van der Waals surface area contributed by atoms with Crippen molar-refractivity contribution in [3.63, 3.8) is 0 Å². The molecule has 2 aromatic heterocycles. The number of hydrogen-bond acceptors (Lipinski definition) is 2. The van der Waals surface area contributed by atoms with Crippen molar-refractivity contribution >= 4 is 21.8 Å². The molecule has 5 rings (SSSR count). The average molecular weight is 380 g/mol. The molecule has 0 unspecified atom stereocenters. The molecule has 0 aliphatic heterocycles. The van der Waals surface area contributed by atoms with Crippen molar-refractivity contribution in [1.29, 1.82) is 0 Å². The maximum Gasteiger partial charge on any atom is 0.275 e. The monoisotopic (exact) mass is 380 g/mol. The third-order valence-electron chi connectivity index (χ3n) is 5.48. The molecule has 142 valence electrons. The van der Waals surface area contributed by atoms with E-state index in [1.54, 1.807) is 11.7 Å². The van der Waals surface area contributed by atoms with Crippen LogP contribution in [-0.4, -0.2) is 16.2 Å². The minimum Gasteiger partial charge on any atom is -0.497 e. The van der Waals surface area contributed by atoms with Crippen molar-refractivity contribution in [2.45, 2.75) is 0 Å². The molecule has 0 aliphatic carbocycles. The summed E-state index contributed by atoms with van der Waals surface area (Å²) in [7, 11) is 3.49. The minimum absolute atomic E-state index is 0.0316. The van der Waals surface area contributed by atoms with E-state index in [9.17, 15) is 4.79 Å². The number of ether oxygens (including phenoxy) is 1. The number of pyridine rings is 1. The predicted octanol–water partition coefficient (Wildman–Crippen LogP) is 5.16. The third-order valence-corrected chi connectivity index (χ3v) is 5.48. The van der Waals surface area contributed by atoms with E-state index in [2.05, 4.69) is 18.2 Å². The summed E-state index contributed by atoms with van der Waals surface area (Å²) < 4.78 is 9.08. The fraction of sp³-hybridized carbons (Fsp3) is 0.0800. The van der Waals surface area contributed by atoms with Gasteiger partial charge in [-0.25, -0.2) is 0 Å². The quantitative estimate of drug-likeness (QED) is 0.434. The summed E-state index contributed by atoms with van der Waals surface area (Å²) in [6.45, 7) is 0. The SMILES string of the molecule is COc1ccc2c(ccn2-c2c(-c3ccccc3)c3ccccc3n(C)c2=O)c1. The summed E-state index contributed by atoms with van der Waals surface area (Å²) in [5.74, 6) is 0.796. The van der Waals surface area contributed by atoms with Crippen molar-refractivity contribution in [3.8, 4) is 22.6 Å². The summed E-state index contributed by atoms with van der Waals surface area (Å²) in [5.41, 5.74) is 4.46. The van der Waals surface area contributed by atoms with Gasteiger partial charge in [-0.1, -0.05) is 48.5 Å². The maximum absolute atomic E-state index is 13.6. The molecule has 5 aromatic rings. The normalized spacial score (nSPS) is 11.2. The van der Waals surface area contributed by atoms with Crippen LogP contribution in [-0.2, 0) is 7.05 Å². The van der Waals surface area contributed by atoms with Crippen LogP contribution in [0.15, 0.2) is 89.9 Å². The van der Waals surface area contributed by atoms with Gasteiger partial charge in [0.15, 0.2) is 0 Å². The second kappa shape index (κ2) is 6.67. The van der Waals surface area contributed by atoms with E-state index >= 15 is 0 Å². The van der Waals surface area contributed by atoms with Gasteiger partial charge in [0, 0.05) is 29.6 Å². The van der Waals surface area contributed by atoms with Gasteiger partial charge in [0.25, 0.3) is 5.56 Å². The Morgan fingerprint density at radius 2 is 1.59 bits per heavy atom. The molecule has 0 aliphatic rings. The lowest BCUT2D eigenvalue weighted by atomic mass is 9.99. The van der Waals surface area contributed by atoms with Gasteiger partial charge >= 0.3 is 0 Å². The number of benzene rings is 3.